The van der Waals surface area contributed by atoms with Crippen molar-refractivity contribution in [1.82, 2.24) is 19.6 Å². The summed E-state index contributed by atoms with van der Waals surface area (Å²) in [7, 11) is 1.91. The third-order valence-electron chi connectivity index (χ3n) is 2.60. The van der Waals surface area contributed by atoms with Crippen LogP contribution in [0.4, 0.5) is 5.69 Å². The number of aromatic nitrogens is 4. The molecule has 2 aromatic heterocycles. The van der Waals surface area contributed by atoms with Gasteiger partial charge in [0.2, 0.25) is 0 Å². The molecule has 0 fully saturated rings. The fraction of sp³-hybridized carbons (Fsp3) is 0.500. The number of hydrogen-bond donors (Lipinski definition) is 1. The van der Waals surface area contributed by atoms with Gasteiger partial charge in [-0.2, -0.15) is 10.2 Å². The number of hydrogen-bond acceptors (Lipinski definition) is 3. The molecule has 0 aliphatic carbocycles. The predicted molar refractivity (Wildman–Crippen MR) is 75.0 cm³/mol. The van der Waals surface area contributed by atoms with Crippen molar-refractivity contribution >= 4 is 18.1 Å². The second kappa shape index (κ2) is 6.44. The fourth-order valence-electron chi connectivity index (χ4n) is 1.85. The molecule has 1 N–H and O–H groups in total. The first-order chi connectivity index (χ1) is 8.19. The quantitative estimate of drug-likeness (QED) is 0.907. The molecule has 18 heavy (non-hydrogen) atoms. The van der Waals surface area contributed by atoms with E-state index in [0.717, 1.165) is 30.9 Å². The molecule has 0 bridgehead atoms. The number of nitrogens with zero attached hydrogens (tertiary/aromatic N) is 4. The van der Waals surface area contributed by atoms with Gasteiger partial charge in [0.1, 0.15) is 0 Å². The molecule has 0 aliphatic heterocycles. The lowest BCUT2D eigenvalue weighted by Crippen LogP contribution is -2.08. The summed E-state index contributed by atoms with van der Waals surface area (Å²) in [6, 6.07) is 2.12. The Morgan fingerprint density at radius 1 is 1.39 bits per heavy atom. The maximum Gasteiger partial charge on any atom is 0.0729 e. The topological polar surface area (TPSA) is 47.7 Å². The monoisotopic (exact) mass is 269 g/mol. The molecular formula is C12H20ClN5. The van der Waals surface area contributed by atoms with Gasteiger partial charge in [0.25, 0.3) is 0 Å². The third kappa shape index (κ3) is 3.50. The van der Waals surface area contributed by atoms with Crippen LogP contribution in [0.1, 0.15) is 24.7 Å². The second-order valence-electron chi connectivity index (χ2n) is 4.26. The van der Waals surface area contributed by atoms with Crippen molar-refractivity contribution in [2.45, 2.75) is 33.4 Å². The van der Waals surface area contributed by atoms with E-state index in [2.05, 4.69) is 33.2 Å². The highest BCUT2D eigenvalue weighted by atomic mass is 35.5. The van der Waals surface area contributed by atoms with Gasteiger partial charge in [-0.1, -0.05) is 6.92 Å². The van der Waals surface area contributed by atoms with E-state index >= 15 is 0 Å². The minimum absolute atomic E-state index is 0. The maximum atomic E-state index is 4.47. The van der Waals surface area contributed by atoms with Gasteiger partial charge < -0.3 is 5.32 Å². The lowest BCUT2D eigenvalue weighted by Gasteiger charge is -2.06. The summed E-state index contributed by atoms with van der Waals surface area (Å²) in [4.78, 5) is 0. The van der Waals surface area contributed by atoms with Crippen molar-refractivity contribution in [2.24, 2.45) is 7.05 Å². The minimum atomic E-state index is 0. The van der Waals surface area contributed by atoms with Crippen LogP contribution in [0, 0.1) is 6.92 Å². The lowest BCUT2D eigenvalue weighted by atomic mass is 10.3. The van der Waals surface area contributed by atoms with E-state index in [-0.39, 0.29) is 12.4 Å². The van der Waals surface area contributed by atoms with E-state index in [9.17, 15) is 0 Å². The molecule has 100 valence electrons. The fourth-order valence-corrected chi connectivity index (χ4v) is 1.85. The standard InChI is InChI=1S/C12H19N5.ClH/c1-4-5-17-12(6-10(2)15-17)8-13-11-7-14-16(3)9-11;/h6-7,9,13H,4-5,8H2,1-3H3;1H. The van der Waals surface area contributed by atoms with Crippen molar-refractivity contribution < 1.29 is 0 Å². The summed E-state index contributed by atoms with van der Waals surface area (Å²) in [6.45, 7) is 5.94. The van der Waals surface area contributed by atoms with Crippen LogP contribution in [0.15, 0.2) is 18.5 Å². The van der Waals surface area contributed by atoms with E-state index in [4.69, 9.17) is 0 Å². The summed E-state index contributed by atoms with van der Waals surface area (Å²) < 4.78 is 3.86. The first kappa shape index (κ1) is 14.6. The zero-order chi connectivity index (χ0) is 12.3. The number of halogens is 1. The molecule has 0 saturated carbocycles. The normalized spacial score (nSPS) is 10.2. The van der Waals surface area contributed by atoms with Crippen LogP contribution in [0.2, 0.25) is 0 Å². The molecule has 0 radical (unpaired) electrons. The molecule has 6 heteroatoms. The molecule has 2 heterocycles. The molecule has 0 atom stereocenters. The van der Waals surface area contributed by atoms with Gasteiger partial charge in [0.15, 0.2) is 0 Å². The van der Waals surface area contributed by atoms with E-state index in [1.165, 1.54) is 5.69 Å². The molecular weight excluding hydrogens is 250 g/mol. The average Bonchev–Trinajstić information content (AvgIpc) is 2.83. The lowest BCUT2D eigenvalue weighted by molar-refractivity contribution is 0.575. The average molecular weight is 270 g/mol. The van der Waals surface area contributed by atoms with Crippen LogP contribution in [0.5, 0.6) is 0 Å². The van der Waals surface area contributed by atoms with Crippen LogP contribution in [0.25, 0.3) is 0 Å². The Morgan fingerprint density at radius 3 is 2.78 bits per heavy atom. The van der Waals surface area contributed by atoms with Crippen LogP contribution in [-0.2, 0) is 20.1 Å². The highest BCUT2D eigenvalue weighted by Crippen LogP contribution is 2.09. The van der Waals surface area contributed by atoms with Gasteiger partial charge in [-0.3, -0.25) is 9.36 Å². The first-order valence-corrected chi connectivity index (χ1v) is 5.95. The molecule has 5 nitrogen and oxygen atoms in total. The highest BCUT2D eigenvalue weighted by Gasteiger charge is 2.04. The van der Waals surface area contributed by atoms with Crippen molar-refractivity contribution in [3.05, 3.63) is 29.8 Å². The van der Waals surface area contributed by atoms with E-state index in [0.29, 0.717) is 0 Å². The Balaban J connectivity index is 0.00000162. The van der Waals surface area contributed by atoms with Gasteiger partial charge in [0, 0.05) is 19.8 Å². The minimum Gasteiger partial charge on any atom is -0.377 e. The Labute approximate surface area is 114 Å². The number of nitrogens with one attached hydrogen (secondary N) is 1. The van der Waals surface area contributed by atoms with Crippen LogP contribution >= 0.6 is 12.4 Å². The number of anilines is 1. The van der Waals surface area contributed by atoms with Crippen molar-refractivity contribution in [2.75, 3.05) is 5.32 Å². The first-order valence-electron chi connectivity index (χ1n) is 5.95. The zero-order valence-corrected chi connectivity index (χ0v) is 11.9. The van der Waals surface area contributed by atoms with Gasteiger partial charge in [-0.15, -0.1) is 12.4 Å². The zero-order valence-electron chi connectivity index (χ0n) is 11.1. The smallest absolute Gasteiger partial charge is 0.0729 e. The van der Waals surface area contributed by atoms with Crippen molar-refractivity contribution in [3.8, 4) is 0 Å². The summed E-state index contributed by atoms with van der Waals surface area (Å²) in [6.07, 6.45) is 4.89. The van der Waals surface area contributed by atoms with Gasteiger partial charge in [-0.25, -0.2) is 0 Å². The SMILES string of the molecule is CCCn1nc(C)cc1CNc1cnn(C)c1.Cl. The maximum absolute atomic E-state index is 4.47. The molecule has 2 aromatic rings. The van der Waals surface area contributed by atoms with Crippen molar-refractivity contribution in [3.63, 3.8) is 0 Å². The summed E-state index contributed by atoms with van der Waals surface area (Å²) in [5, 5.41) is 11.9. The Hall–Kier alpha value is -1.49. The summed E-state index contributed by atoms with van der Waals surface area (Å²) >= 11 is 0. The molecule has 0 aliphatic rings. The Kier molecular flexibility index (Phi) is 5.22. The Morgan fingerprint density at radius 2 is 2.17 bits per heavy atom. The molecule has 2 rings (SSSR count). The van der Waals surface area contributed by atoms with Crippen LogP contribution in [0.3, 0.4) is 0 Å². The molecule has 0 amide bonds. The van der Waals surface area contributed by atoms with Gasteiger partial charge in [-0.05, 0) is 19.4 Å². The van der Waals surface area contributed by atoms with E-state index in [1.54, 1.807) is 4.68 Å². The Bertz CT molecular complexity index is 488. The second-order valence-corrected chi connectivity index (χ2v) is 4.26. The highest BCUT2D eigenvalue weighted by molar-refractivity contribution is 5.85. The van der Waals surface area contributed by atoms with Gasteiger partial charge >= 0.3 is 0 Å². The summed E-state index contributed by atoms with van der Waals surface area (Å²) in [5.41, 5.74) is 3.32. The molecule has 0 saturated heterocycles. The molecule has 0 aromatic carbocycles. The molecule has 0 unspecified atom stereocenters. The molecule has 0 spiro atoms. The van der Waals surface area contributed by atoms with Crippen molar-refractivity contribution in [1.29, 1.82) is 0 Å². The summed E-state index contributed by atoms with van der Waals surface area (Å²) in [5.74, 6) is 0. The number of aryl methyl sites for hydroxylation is 3. The van der Waals surface area contributed by atoms with Crippen LogP contribution in [-0.4, -0.2) is 19.6 Å². The van der Waals surface area contributed by atoms with Crippen LogP contribution < -0.4 is 5.32 Å². The van der Waals surface area contributed by atoms with Gasteiger partial charge in [0.05, 0.1) is 29.8 Å². The largest absolute Gasteiger partial charge is 0.377 e. The predicted octanol–water partition coefficient (Wildman–Crippen LogP) is 2.37. The van der Waals surface area contributed by atoms with E-state index in [1.807, 2.05) is 26.4 Å². The number of rotatable bonds is 5. The third-order valence-corrected chi connectivity index (χ3v) is 2.60. The van der Waals surface area contributed by atoms with E-state index < -0.39 is 0 Å².